The number of methoxy groups -OCH3 is 1. The summed E-state index contributed by atoms with van der Waals surface area (Å²) in [5.74, 6) is -0.920. The lowest BCUT2D eigenvalue weighted by molar-refractivity contribution is -0.837. The van der Waals surface area contributed by atoms with Crippen LogP contribution in [0.3, 0.4) is 0 Å². The van der Waals surface area contributed by atoms with Crippen LogP contribution in [0.5, 0.6) is 0 Å². The molecule has 6 aliphatic heterocycles. The molecular weight excluding hydrogens is 520 g/mol. The molecule has 0 amide bonds. The summed E-state index contributed by atoms with van der Waals surface area (Å²) >= 11 is 0. The van der Waals surface area contributed by atoms with E-state index in [4.69, 9.17) is 4.74 Å². The molecule has 6 nitrogen and oxygen atoms in total. The lowest BCUT2D eigenvalue weighted by atomic mass is 9.96. The van der Waals surface area contributed by atoms with Gasteiger partial charge in [0.1, 0.15) is 0 Å². The van der Waals surface area contributed by atoms with Gasteiger partial charge in [0, 0.05) is 52.0 Å². The second kappa shape index (κ2) is 8.09. The fraction of sp³-hybridized carbons (Fsp3) is 0.306. The van der Waals surface area contributed by atoms with Crippen molar-refractivity contribution in [2.24, 2.45) is 0 Å². The van der Waals surface area contributed by atoms with E-state index in [1.807, 2.05) is 12.2 Å². The van der Waals surface area contributed by atoms with Gasteiger partial charge in [0.15, 0.2) is 0 Å². The molecule has 8 heterocycles. The van der Waals surface area contributed by atoms with Gasteiger partial charge in [0.2, 0.25) is 22.8 Å². The maximum atomic E-state index is 12.4. The van der Waals surface area contributed by atoms with E-state index in [1.54, 1.807) is 0 Å². The minimum Gasteiger partial charge on any atom is -0.469 e. The number of hydrogen-bond acceptors (Lipinski definition) is 2. The molecule has 0 fully saturated rings. The molecular formula is C36H36N4O2+2. The van der Waals surface area contributed by atoms with Crippen molar-refractivity contribution in [2.75, 3.05) is 7.11 Å². The van der Waals surface area contributed by atoms with E-state index in [9.17, 15) is 4.79 Å². The predicted octanol–water partition coefficient (Wildman–Crippen LogP) is 4.82. The number of ether oxygens (including phenoxy) is 1. The van der Waals surface area contributed by atoms with Crippen molar-refractivity contribution in [1.82, 2.24) is 9.13 Å². The van der Waals surface area contributed by atoms with E-state index in [1.165, 1.54) is 91.0 Å². The molecule has 1 spiro atoms. The van der Waals surface area contributed by atoms with Crippen LogP contribution in [0.1, 0.15) is 80.1 Å². The molecule has 210 valence electrons. The van der Waals surface area contributed by atoms with Crippen LogP contribution in [0.15, 0.2) is 52.9 Å². The Balaban J connectivity index is 1.60. The van der Waals surface area contributed by atoms with Gasteiger partial charge in [-0.1, -0.05) is 47.8 Å². The van der Waals surface area contributed by atoms with Gasteiger partial charge < -0.3 is 4.74 Å². The average molecular weight is 557 g/mol. The first-order valence-electron chi connectivity index (χ1n) is 15.0. The quantitative estimate of drug-likeness (QED) is 0.363. The van der Waals surface area contributed by atoms with Crippen LogP contribution < -0.4 is 10.7 Å². The summed E-state index contributed by atoms with van der Waals surface area (Å²) in [6.45, 7) is 19.7. The van der Waals surface area contributed by atoms with E-state index in [0.717, 1.165) is 18.4 Å². The van der Waals surface area contributed by atoms with Crippen LogP contribution in [0.2, 0.25) is 0 Å². The average Bonchev–Trinajstić information content (AvgIpc) is 3.62. The zero-order valence-electron chi connectivity index (χ0n) is 25.3. The minimum absolute atomic E-state index is 0.184. The molecule has 42 heavy (non-hydrogen) atoms. The summed E-state index contributed by atoms with van der Waals surface area (Å²) in [6.07, 6.45) is 16.5. The molecule has 2 aromatic heterocycles. The molecule has 0 saturated carbocycles. The number of hydrogen-bond donors (Lipinski definition) is 0. The van der Waals surface area contributed by atoms with E-state index < -0.39 is 5.91 Å². The highest BCUT2D eigenvalue weighted by Gasteiger charge is 2.72. The van der Waals surface area contributed by atoms with E-state index in [0.29, 0.717) is 12.8 Å². The van der Waals surface area contributed by atoms with Crippen molar-refractivity contribution >= 4 is 47.8 Å². The lowest BCUT2D eigenvalue weighted by Crippen LogP contribution is -2.70. The Bertz CT molecular complexity index is 2110. The number of carbonyl (C=O) groups excluding carboxylic acids is 1. The molecule has 6 aliphatic rings. The topological polar surface area (TPSA) is 42.2 Å². The molecule has 0 aromatic carbocycles. The van der Waals surface area contributed by atoms with Crippen molar-refractivity contribution in [2.45, 2.75) is 66.2 Å². The molecule has 0 radical (unpaired) electrons. The van der Waals surface area contributed by atoms with Gasteiger partial charge in [0.25, 0.3) is 0 Å². The fourth-order valence-electron chi connectivity index (χ4n) is 8.47. The standard InChI is InChI=1S/C36H36N4O2/c1-9-12-25-21(6)28-15-27-19(4)23(10-2)31-16-29-20(5)24(11-3)32-17-30-22(7)26(13-14-35(41)42-8)34-18-33(25)39(28)36(37(27)31,38(29)32)40(30)34/h10-11,15-18H,2-3,9,12-14H2,1,4-8H3/q+2. The van der Waals surface area contributed by atoms with Crippen molar-refractivity contribution in [3.05, 3.63) is 97.3 Å². The Labute approximate surface area is 245 Å². The SMILES string of the molecule is C=Cc1c(C)c2n3c1C=c1c(C)c(C=C)c4n1C31[N+]3=C(C=4)C(C)=C(CCC(=O)OC)C3=CC3=[N+]1C(=C2)C(C)=C3CCC. The number of carbonyl (C=O) groups is 1. The maximum Gasteiger partial charge on any atom is 0.553 e. The molecule has 0 aliphatic carbocycles. The number of allylic oxidation sites excluding steroid dienone is 5. The Morgan fingerprint density at radius 2 is 1.57 bits per heavy atom. The maximum absolute atomic E-state index is 12.4. The Morgan fingerprint density at radius 3 is 2.26 bits per heavy atom. The van der Waals surface area contributed by atoms with Crippen molar-refractivity contribution < 1.29 is 18.7 Å². The highest BCUT2D eigenvalue weighted by Crippen LogP contribution is 2.51. The first-order valence-corrected chi connectivity index (χ1v) is 15.0. The first kappa shape index (κ1) is 25.3. The van der Waals surface area contributed by atoms with Crippen LogP contribution in [-0.4, -0.2) is 42.8 Å². The van der Waals surface area contributed by atoms with Gasteiger partial charge in [-0.3, -0.25) is 4.79 Å². The molecule has 2 aromatic rings. The van der Waals surface area contributed by atoms with Crippen molar-refractivity contribution in [3.63, 3.8) is 0 Å². The highest BCUT2D eigenvalue weighted by atomic mass is 16.5. The zero-order chi connectivity index (χ0) is 29.4. The second-order valence-corrected chi connectivity index (χ2v) is 12.1. The summed E-state index contributed by atoms with van der Waals surface area (Å²) in [5, 5.41) is 2.36. The van der Waals surface area contributed by atoms with Gasteiger partial charge in [-0.15, -0.1) is 0 Å². The zero-order valence-corrected chi connectivity index (χ0v) is 25.3. The van der Waals surface area contributed by atoms with E-state index in [-0.39, 0.29) is 5.97 Å². The van der Waals surface area contributed by atoms with Crippen LogP contribution >= 0.6 is 0 Å². The molecule has 0 saturated heterocycles. The smallest absolute Gasteiger partial charge is 0.469 e. The molecule has 0 N–H and O–H groups in total. The van der Waals surface area contributed by atoms with Gasteiger partial charge >= 0.3 is 11.9 Å². The van der Waals surface area contributed by atoms with Crippen LogP contribution in [0, 0.1) is 13.8 Å². The number of aromatic nitrogens is 2. The molecule has 6 heteroatoms. The Kier molecular flexibility index (Phi) is 4.87. The third-order valence-corrected chi connectivity index (χ3v) is 10.4. The van der Waals surface area contributed by atoms with Gasteiger partial charge in [-0.25, -0.2) is 0 Å². The molecule has 8 rings (SSSR count). The normalized spacial score (nSPS) is 21.7. The summed E-state index contributed by atoms with van der Waals surface area (Å²) < 4.78 is 15.3. The van der Waals surface area contributed by atoms with Gasteiger partial charge in [-0.05, 0) is 57.7 Å². The fourth-order valence-corrected chi connectivity index (χ4v) is 8.47. The van der Waals surface area contributed by atoms with Crippen molar-refractivity contribution in [3.8, 4) is 0 Å². The number of esters is 1. The third-order valence-electron chi connectivity index (χ3n) is 10.4. The van der Waals surface area contributed by atoms with E-state index in [2.05, 4.69) is 90.4 Å². The summed E-state index contributed by atoms with van der Waals surface area (Å²) in [5.41, 5.74) is 17.2. The Hall–Kier alpha value is -4.45. The third kappa shape index (κ3) is 2.53. The minimum atomic E-state index is -0.735. The summed E-state index contributed by atoms with van der Waals surface area (Å²) in [6, 6.07) is 0. The van der Waals surface area contributed by atoms with Crippen LogP contribution in [0.25, 0.3) is 30.4 Å². The largest absolute Gasteiger partial charge is 0.553 e. The van der Waals surface area contributed by atoms with Crippen molar-refractivity contribution in [1.29, 1.82) is 0 Å². The first-order chi connectivity index (χ1) is 20.3. The predicted molar refractivity (Wildman–Crippen MR) is 167 cm³/mol. The molecule has 1 unspecified atom stereocenters. The molecule has 0 bridgehead atoms. The monoisotopic (exact) mass is 556 g/mol. The van der Waals surface area contributed by atoms with Crippen LogP contribution in [0.4, 0.5) is 0 Å². The Morgan fingerprint density at radius 1 is 0.833 bits per heavy atom. The summed E-state index contributed by atoms with van der Waals surface area (Å²) in [7, 11) is 1.47. The lowest BCUT2D eigenvalue weighted by Gasteiger charge is -2.38. The number of rotatable bonds is 7. The van der Waals surface area contributed by atoms with Crippen LogP contribution in [-0.2, 0) is 15.4 Å². The molecule has 1 atom stereocenters. The van der Waals surface area contributed by atoms with Gasteiger partial charge in [0.05, 0.1) is 35.3 Å². The van der Waals surface area contributed by atoms with E-state index >= 15 is 0 Å². The highest BCUT2D eigenvalue weighted by molar-refractivity contribution is 6.20. The summed E-state index contributed by atoms with van der Waals surface area (Å²) in [4.78, 5) is 12.4. The number of nitrogens with zero attached hydrogens (tertiary/aromatic N) is 4. The van der Waals surface area contributed by atoms with Gasteiger partial charge in [-0.2, -0.15) is 9.13 Å². The second-order valence-electron chi connectivity index (χ2n) is 12.1.